The first kappa shape index (κ1) is 12.2. The molecule has 0 radical (unpaired) electrons. The highest BCUT2D eigenvalue weighted by Crippen LogP contribution is 2.09. The predicted molar refractivity (Wildman–Crippen MR) is 68.8 cm³/mol. The Labute approximate surface area is 105 Å². The second-order valence-electron chi connectivity index (χ2n) is 4.08. The van der Waals surface area contributed by atoms with Crippen molar-refractivity contribution in [1.82, 2.24) is 9.78 Å². The van der Waals surface area contributed by atoms with Crippen LogP contribution in [0.5, 0.6) is 0 Å². The van der Waals surface area contributed by atoms with Gasteiger partial charge in [-0.05, 0) is 36.2 Å². The van der Waals surface area contributed by atoms with Crippen molar-refractivity contribution in [1.29, 1.82) is 0 Å². The molecule has 0 amide bonds. The van der Waals surface area contributed by atoms with E-state index in [2.05, 4.69) is 10.4 Å². The largest absolute Gasteiger partial charge is 0.478 e. The zero-order valence-corrected chi connectivity index (χ0v) is 10.1. The first-order valence-corrected chi connectivity index (χ1v) is 5.70. The second-order valence-corrected chi connectivity index (χ2v) is 4.08. The monoisotopic (exact) mass is 245 g/mol. The Kier molecular flexibility index (Phi) is 3.62. The highest BCUT2D eigenvalue weighted by molar-refractivity contribution is 5.87. The van der Waals surface area contributed by atoms with Crippen LogP contribution < -0.4 is 5.32 Å². The molecule has 0 unspecified atom stereocenters. The number of carboxylic acids is 1. The summed E-state index contributed by atoms with van der Waals surface area (Å²) in [6.45, 7) is 0.790. The van der Waals surface area contributed by atoms with E-state index in [0.717, 1.165) is 18.7 Å². The summed E-state index contributed by atoms with van der Waals surface area (Å²) in [6.07, 6.45) is 4.71. The van der Waals surface area contributed by atoms with E-state index in [9.17, 15) is 4.79 Å². The predicted octanol–water partition coefficient (Wildman–Crippen LogP) is 1.77. The van der Waals surface area contributed by atoms with Crippen molar-refractivity contribution in [2.75, 3.05) is 11.9 Å². The van der Waals surface area contributed by atoms with E-state index >= 15 is 0 Å². The van der Waals surface area contributed by atoms with Crippen LogP contribution in [0.1, 0.15) is 15.9 Å². The molecule has 5 nitrogen and oxygen atoms in total. The lowest BCUT2D eigenvalue weighted by Gasteiger charge is -2.05. The fourth-order valence-corrected chi connectivity index (χ4v) is 1.68. The van der Waals surface area contributed by atoms with Gasteiger partial charge >= 0.3 is 5.97 Å². The van der Waals surface area contributed by atoms with Crippen LogP contribution in [0, 0.1) is 0 Å². The van der Waals surface area contributed by atoms with E-state index in [-0.39, 0.29) is 0 Å². The average molecular weight is 245 g/mol. The van der Waals surface area contributed by atoms with Crippen molar-refractivity contribution in [3.05, 3.63) is 47.8 Å². The molecule has 0 atom stereocenters. The standard InChI is InChI=1S/C13H15N3O2/c1-16-9-10(8-15-16)6-7-14-12-4-2-11(3-5-12)13(17)18/h2-5,8-9,14H,6-7H2,1H3,(H,17,18). The lowest BCUT2D eigenvalue weighted by molar-refractivity contribution is 0.0697. The lowest BCUT2D eigenvalue weighted by atomic mass is 10.2. The van der Waals surface area contributed by atoms with Gasteiger partial charge in [0.25, 0.3) is 0 Å². The summed E-state index contributed by atoms with van der Waals surface area (Å²) in [4.78, 5) is 10.7. The molecule has 2 N–H and O–H groups in total. The first-order chi connectivity index (χ1) is 8.65. The van der Waals surface area contributed by atoms with E-state index in [4.69, 9.17) is 5.11 Å². The maximum absolute atomic E-state index is 10.7. The summed E-state index contributed by atoms with van der Waals surface area (Å²) < 4.78 is 1.77. The van der Waals surface area contributed by atoms with Crippen LogP contribution in [0.15, 0.2) is 36.7 Å². The Balaban J connectivity index is 1.85. The van der Waals surface area contributed by atoms with Crippen LogP contribution in [0.3, 0.4) is 0 Å². The van der Waals surface area contributed by atoms with Gasteiger partial charge in [-0.1, -0.05) is 0 Å². The second kappa shape index (κ2) is 5.35. The third-order valence-electron chi connectivity index (χ3n) is 2.63. The zero-order chi connectivity index (χ0) is 13.0. The van der Waals surface area contributed by atoms with Crippen LogP contribution in [0.2, 0.25) is 0 Å². The molecule has 2 rings (SSSR count). The number of aryl methyl sites for hydroxylation is 1. The third-order valence-corrected chi connectivity index (χ3v) is 2.63. The molecule has 0 aliphatic carbocycles. The number of aromatic carboxylic acids is 1. The minimum absolute atomic E-state index is 0.299. The fourth-order valence-electron chi connectivity index (χ4n) is 1.68. The van der Waals surface area contributed by atoms with E-state index in [0.29, 0.717) is 5.56 Å². The minimum Gasteiger partial charge on any atom is -0.478 e. The van der Waals surface area contributed by atoms with E-state index in [1.54, 1.807) is 28.9 Å². The molecule has 94 valence electrons. The van der Waals surface area contributed by atoms with Crippen molar-refractivity contribution in [2.24, 2.45) is 7.05 Å². The van der Waals surface area contributed by atoms with Crippen molar-refractivity contribution in [2.45, 2.75) is 6.42 Å². The number of benzene rings is 1. The smallest absolute Gasteiger partial charge is 0.335 e. The van der Waals surface area contributed by atoms with Gasteiger partial charge in [0.15, 0.2) is 0 Å². The number of nitrogens with one attached hydrogen (secondary N) is 1. The molecule has 0 aliphatic rings. The summed E-state index contributed by atoms with van der Waals surface area (Å²) in [7, 11) is 1.89. The number of carbonyl (C=O) groups is 1. The molecule has 0 saturated heterocycles. The minimum atomic E-state index is -0.906. The molecular formula is C13H15N3O2. The van der Waals surface area contributed by atoms with Crippen LogP contribution >= 0.6 is 0 Å². The molecule has 5 heteroatoms. The molecule has 2 aromatic rings. The molecule has 1 aromatic heterocycles. The van der Waals surface area contributed by atoms with Gasteiger partial charge in [0.2, 0.25) is 0 Å². The van der Waals surface area contributed by atoms with Gasteiger partial charge in [-0.2, -0.15) is 5.10 Å². The SMILES string of the molecule is Cn1cc(CCNc2ccc(C(=O)O)cc2)cn1. The Morgan fingerprint density at radius 1 is 1.39 bits per heavy atom. The number of hydrogen-bond acceptors (Lipinski definition) is 3. The Bertz CT molecular complexity index is 531. The highest BCUT2D eigenvalue weighted by Gasteiger charge is 2.01. The van der Waals surface area contributed by atoms with Crippen molar-refractivity contribution < 1.29 is 9.90 Å². The summed E-state index contributed by atoms with van der Waals surface area (Å²) in [5.41, 5.74) is 2.39. The van der Waals surface area contributed by atoms with Gasteiger partial charge < -0.3 is 10.4 Å². The number of anilines is 1. The molecule has 0 spiro atoms. The van der Waals surface area contributed by atoms with Crippen LogP contribution in [-0.2, 0) is 13.5 Å². The number of rotatable bonds is 5. The van der Waals surface area contributed by atoms with Crippen molar-refractivity contribution in [3.8, 4) is 0 Å². The molecule has 0 aliphatic heterocycles. The van der Waals surface area contributed by atoms with E-state index in [1.807, 2.05) is 19.4 Å². The Morgan fingerprint density at radius 3 is 2.67 bits per heavy atom. The maximum Gasteiger partial charge on any atom is 0.335 e. The number of aromatic nitrogens is 2. The molecule has 0 saturated carbocycles. The Morgan fingerprint density at radius 2 is 2.11 bits per heavy atom. The number of nitrogens with zero attached hydrogens (tertiary/aromatic N) is 2. The highest BCUT2D eigenvalue weighted by atomic mass is 16.4. The average Bonchev–Trinajstić information content (AvgIpc) is 2.76. The Hall–Kier alpha value is -2.30. The van der Waals surface area contributed by atoms with Gasteiger partial charge in [0.1, 0.15) is 0 Å². The third kappa shape index (κ3) is 3.10. The van der Waals surface area contributed by atoms with E-state index in [1.165, 1.54) is 5.56 Å². The van der Waals surface area contributed by atoms with Crippen molar-refractivity contribution in [3.63, 3.8) is 0 Å². The zero-order valence-electron chi connectivity index (χ0n) is 10.1. The van der Waals surface area contributed by atoms with E-state index < -0.39 is 5.97 Å². The van der Waals surface area contributed by atoms with Crippen LogP contribution in [0.4, 0.5) is 5.69 Å². The number of carboxylic acid groups (broad SMARTS) is 1. The summed E-state index contributed by atoms with van der Waals surface area (Å²) >= 11 is 0. The molecule has 18 heavy (non-hydrogen) atoms. The van der Waals surface area contributed by atoms with Gasteiger partial charge in [-0.3, -0.25) is 4.68 Å². The maximum atomic E-state index is 10.7. The summed E-state index contributed by atoms with van der Waals surface area (Å²) in [5, 5.41) is 16.1. The van der Waals surface area contributed by atoms with Gasteiger partial charge in [0, 0.05) is 25.5 Å². The van der Waals surface area contributed by atoms with Gasteiger partial charge in [-0.15, -0.1) is 0 Å². The molecule has 0 bridgehead atoms. The normalized spacial score (nSPS) is 10.3. The van der Waals surface area contributed by atoms with Crippen LogP contribution in [-0.4, -0.2) is 27.4 Å². The van der Waals surface area contributed by atoms with Gasteiger partial charge in [0.05, 0.1) is 11.8 Å². The fraction of sp³-hybridized carbons (Fsp3) is 0.231. The quantitative estimate of drug-likeness (QED) is 0.842. The topological polar surface area (TPSA) is 67.2 Å². The first-order valence-electron chi connectivity index (χ1n) is 5.70. The summed E-state index contributed by atoms with van der Waals surface area (Å²) in [5.74, 6) is -0.906. The number of hydrogen-bond donors (Lipinski definition) is 2. The van der Waals surface area contributed by atoms with Crippen LogP contribution in [0.25, 0.3) is 0 Å². The summed E-state index contributed by atoms with van der Waals surface area (Å²) in [6, 6.07) is 6.73. The van der Waals surface area contributed by atoms with Gasteiger partial charge in [-0.25, -0.2) is 4.79 Å². The molecular weight excluding hydrogens is 230 g/mol. The molecule has 1 heterocycles. The molecule has 1 aromatic carbocycles. The van der Waals surface area contributed by atoms with Crippen molar-refractivity contribution >= 4 is 11.7 Å². The molecule has 0 fully saturated rings. The lowest BCUT2D eigenvalue weighted by Crippen LogP contribution is -2.05.